The minimum atomic E-state index is -0.812. The van der Waals surface area contributed by atoms with Gasteiger partial charge in [0.15, 0.2) is 0 Å². The third-order valence-electron chi connectivity index (χ3n) is 3.55. The van der Waals surface area contributed by atoms with Gasteiger partial charge in [0.05, 0.1) is 13.7 Å². The van der Waals surface area contributed by atoms with E-state index >= 15 is 0 Å². The second-order valence-corrected chi connectivity index (χ2v) is 5.38. The van der Waals surface area contributed by atoms with Crippen LogP contribution in [0.25, 0.3) is 0 Å². The maximum absolute atomic E-state index is 12.1. The molecule has 2 amide bonds. The Hall–Kier alpha value is -3.15. The molecule has 2 N–H and O–H groups in total. The molecule has 130 valence electrons. The second-order valence-electron chi connectivity index (χ2n) is 5.38. The van der Waals surface area contributed by atoms with E-state index in [4.69, 9.17) is 4.74 Å². The fourth-order valence-electron chi connectivity index (χ4n) is 2.28. The molecule has 6 heteroatoms. The van der Waals surface area contributed by atoms with Crippen molar-refractivity contribution >= 4 is 17.8 Å². The second kappa shape index (κ2) is 9.22. The van der Waals surface area contributed by atoms with E-state index in [1.54, 1.807) is 30.3 Å². The van der Waals surface area contributed by atoms with Crippen molar-refractivity contribution in [3.05, 3.63) is 71.8 Å². The topological polar surface area (TPSA) is 84.5 Å². The van der Waals surface area contributed by atoms with E-state index in [1.165, 1.54) is 7.11 Å². The Labute approximate surface area is 146 Å². The predicted molar refractivity (Wildman–Crippen MR) is 92.9 cm³/mol. The number of nitrogens with one attached hydrogen (secondary N) is 2. The smallest absolute Gasteiger partial charge is 0.328 e. The van der Waals surface area contributed by atoms with Gasteiger partial charge in [0.25, 0.3) is 5.91 Å². The maximum atomic E-state index is 12.1. The van der Waals surface area contributed by atoms with Gasteiger partial charge in [0.2, 0.25) is 5.91 Å². The van der Waals surface area contributed by atoms with Crippen LogP contribution in [0.5, 0.6) is 0 Å². The van der Waals surface area contributed by atoms with Crippen LogP contribution in [0.4, 0.5) is 0 Å². The van der Waals surface area contributed by atoms with Crippen LogP contribution in [0.1, 0.15) is 15.9 Å². The van der Waals surface area contributed by atoms with Crippen LogP contribution in [-0.4, -0.2) is 37.5 Å². The standard InChI is InChI=1S/C19H20N2O4/c1-25-19(24)16(12-14-8-4-2-5-9-14)21-17(22)13-20-18(23)15-10-6-3-7-11-15/h2-11,16H,12-13H2,1H3,(H,20,23)(H,21,22). The zero-order chi connectivity index (χ0) is 18.1. The molecule has 0 fully saturated rings. The number of amides is 2. The summed E-state index contributed by atoms with van der Waals surface area (Å²) in [4.78, 5) is 35.9. The van der Waals surface area contributed by atoms with Crippen LogP contribution in [0.2, 0.25) is 0 Å². The van der Waals surface area contributed by atoms with Gasteiger partial charge in [-0.05, 0) is 17.7 Å². The minimum Gasteiger partial charge on any atom is -0.467 e. The normalized spacial score (nSPS) is 11.2. The molecule has 0 spiro atoms. The molecule has 6 nitrogen and oxygen atoms in total. The molecule has 0 aliphatic rings. The summed E-state index contributed by atoms with van der Waals surface area (Å²) in [6.07, 6.45) is 0.311. The lowest BCUT2D eigenvalue weighted by molar-refractivity contribution is -0.144. The van der Waals surface area contributed by atoms with Gasteiger partial charge in [-0.2, -0.15) is 0 Å². The molecular weight excluding hydrogens is 320 g/mol. The Morgan fingerprint density at radius 1 is 0.960 bits per heavy atom. The molecule has 25 heavy (non-hydrogen) atoms. The summed E-state index contributed by atoms with van der Waals surface area (Å²) in [5, 5.41) is 5.12. The molecule has 2 aromatic carbocycles. The lowest BCUT2D eigenvalue weighted by atomic mass is 10.1. The number of carbonyl (C=O) groups is 3. The van der Waals surface area contributed by atoms with Crippen LogP contribution in [0.15, 0.2) is 60.7 Å². The van der Waals surface area contributed by atoms with Gasteiger partial charge in [-0.15, -0.1) is 0 Å². The van der Waals surface area contributed by atoms with Crippen molar-refractivity contribution in [2.75, 3.05) is 13.7 Å². The molecule has 0 radical (unpaired) electrons. The Morgan fingerprint density at radius 3 is 2.16 bits per heavy atom. The molecule has 0 aliphatic heterocycles. The Balaban J connectivity index is 1.90. The summed E-state index contributed by atoms with van der Waals surface area (Å²) in [5.74, 6) is -1.35. The fraction of sp³-hybridized carbons (Fsp3) is 0.211. The molecule has 2 rings (SSSR count). The van der Waals surface area contributed by atoms with Crippen molar-refractivity contribution in [1.29, 1.82) is 0 Å². The average molecular weight is 340 g/mol. The lowest BCUT2D eigenvalue weighted by Crippen LogP contribution is -2.47. The van der Waals surface area contributed by atoms with Gasteiger partial charge in [-0.3, -0.25) is 9.59 Å². The van der Waals surface area contributed by atoms with E-state index in [9.17, 15) is 14.4 Å². The molecule has 0 heterocycles. The summed E-state index contributed by atoms with van der Waals surface area (Å²) in [6.45, 7) is -0.226. The zero-order valence-corrected chi connectivity index (χ0v) is 13.9. The van der Waals surface area contributed by atoms with E-state index in [0.29, 0.717) is 12.0 Å². The average Bonchev–Trinajstić information content (AvgIpc) is 2.66. The first-order valence-corrected chi connectivity index (χ1v) is 7.84. The third-order valence-corrected chi connectivity index (χ3v) is 3.55. The fourth-order valence-corrected chi connectivity index (χ4v) is 2.28. The molecule has 0 bridgehead atoms. The van der Waals surface area contributed by atoms with Crippen LogP contribution < -0.4 is 10.6 Å². The van der Waals surface area contributed by atoms with Gasteiger partial charge in [-0.1, -0.05) is 48.5 Å². The first-order valence-electron chi connectivity index (χ1n) is 7.84. The van der Waals surface area contributed by atoms with Crippen molar-refractivity contribution < 1.29 is 19.1 Å². The Bertz CT molecular complexity index is 717. The number of esters is 1. The van der Waals surface area contributed by atoms with Crippen LogP contribution in [0, 0.1) is 0 Å². The summed E-state index contributed by atoms with van der Waals surface area (Å²) in [5.41, 5.74) is 1.36. The van der Waals surface area contributed by atoms with Crippen molar-refractivity contribution in [3.8, 4) is 0 Å². The third kappa shape index (κ3) is 5.76. The minimum absolute atomic E-state index is 0.226. The number of hydrogen-bond acceptors (Lipinski definition) is 4. The number of ether oxygens (including phenoxy) is 1. The van der Waals surface area contributed by atoms with Gasteiger partial charge >= 0.3 is 5.97 Å². The number of methoxy groups -OCH3 is 1. The largest absolute Gasteiger partial charge is 0.467 e. The number of carbonyl (C=O) groups excluding carboxylic acids is 3. The molecule has 1 unspecified atom stereocenters. The van der Waals surface area contributed by atoms with E-state index in [2.05, 4.69) is 10.6 Å². The summed E-state index contributed by atoms with van der Waals surface area (Å²) < 4.78 is 4.74. The van der Waals surface area contributed by atoms with Crippen LogP contribution in [-0.2, 0) is 20.7 Å². The van der Waals surface area contributed by atoms with Crippen molar-refractivity contribution in [2.45, 2.75) is 12.5 Å². The SMILES string of the molecule is COC(=O)C(Cc1ccccc1)NC(=O)CNC(=O)c1ccccc1. The maximum Gasteiger partial charge on any atom is 0.328 e. The molecule has 1 atom stereocenters. The van der Waals surface area contributed by atoms with Gasteiger partial charge in [0, 0.05) is 12.0 Å². The van der Waals surface area contributed by atoms with E-state index < -0.39 is 17.9 Å². The Morgan fingerprint density at radius 2 is 1.56 bits per heavy atom. The van der Waals surface area contributed by atoms with Gasteiger partial charge in [-0.25, -0.2) is 4.79 Å². The van der Waals surface area contributed by atoms with Gasteiger partial charge in [0.1, 0.15) is 6.04 Å². The monoisotopic (exact) mass is 340 g/mol. The first-order chi connectivity index (χ1) is 12.1. The number of rotatable bonds is 7. The van der Waals surface area contributed by atoms with Crippen LogP contribution in [0.3, 0.4) is 0 Å². The zero-order valence-electron chi connectivity index (χ0n) is 13.9. The molecule has 2 aromatic rings. The van der Waals surface area contributed by atoms with Crippen molar-refractivity contribution in [2.24, 2.45) is 0 Å². The number of benzene rings is 2. The highest BCUT2D eigenvalue weighted by molar-refractivity contribution is 5.96. The van der Waals surface area contributed by atoms with E-state index in [1.807, 2.05) is 30.3 Å². The van der Waals surface area contributed by atoms with Crippen molar-refractivity contribution in [3.63, 3.8) is 0 Å². The van der Waals surface area contributed by atoms with E-state index in [-0.39, 0.29) is 12.5 Å². The first kappa shape index (κ1) is 18.2. The predicted octanol–water partition coefficient (Wildman–Crippen LogP) is 1.32. The molecule has 0 aromatic heterocycles. The highest BCUT2D eigenvalue weighted by atomic mass is 16.5. The lowest BCUT2D eigenvalue weighted by Gasteiger charge is -2.17. The number of hydrogen-bond donors (Lipinski definition) is 2. The highest BCUT2D eigenvalue weighted by Crippen LogP contribution is 2.04. The quantitative estimate of drug-likeness (QED) is 0.745. The van der Waals surface area contributed by atoms with Gasteiger partial charge < -0.3 is 15.4 Å². The molecule has 0 saturated heterocycles. The highest BCUT2D eigenvalue weighted by Gasteiger charge is 2.22. The molecule has 0 aliphatic carbocycles. The van der Waals surface area contributed by atoms with E-state index in [0.717, 1.165) is 5.56 Å². The summed E-state index contributed by atoms with van der Waals surface area (Å²) in [6, 6.07) is 17.1. The van der Waals surface area contributed by atoms with Crippen LogP contribution >= 0.6 is 0 Å². The van der Waals surface area contributed by atoms with Crippen molar-refractivity contribution in [1.82, 2.24) is 10.6 Å². The summed E-state index contributed by atoms with van der Waals surface area (Å²) in [7, 11) is 1.27. The molecular formula is C19H20N2O4. The Kier molecular flexibility index (Phi) is 6.71. The molecule has 0 saturated carbocycles. The summed E-state index contributed by atoms with van der Waals surface area (Å²) >= 11 is 0.